The largest absolute Gasteiger partial charge is 0.308 e. The lowest BCUT2D eigenvalue weighted by Crippen LogP contribution is -2.33. The molecule has 1 unspecified atom stereocenters. The molecule has 0 radical (unpaired) electrons. The summed E-state index contributed by atoms with van der Waals surface area (Å²) in [5.41, 5.74) is 1.68. The molecule has 1 nitrogen and oxygen atoms in total. The first-order valence-electron chi connectivity index (χ1n) is 5.51. The molecule has 2 heterocycles. The minimum atomic E-state index is 0.199. The third-order valence-corrected chi connectivity index (χ3v) is 4.41. The quantitative estimate of drug-likeness (QED) is 0.771. The molecule has 1 aromatic carbocycles. The zero-order valence-electron chi connectivity index (χ0n) is 8.92. The molecule has 1 aromatic heterocycles. The Bertz CT molecular complexity index is 480. The first kappa shape index (κ1) is 9.37. The van der Waals surface area contributed by atoms with E-state index in [1.165, 1.54) is 28.5 Å². The molecule has 0 aliphatic carbocycles. The molecule has 0 saturated carbocycles. The van der Waals surface area contributed by atoms with Gasteiger partial charge in [0.1, 0.15) is 0 Å². The number of benzene rings is 1. The van der Waals surface area contributed by atoms with E-state index in [-0.39, 0.29) is 5.54 Å². The van der Waals surface area contributed by atoms with E-state index < -0.39 is 0 Å². The van der Waals surface area contributed by atoms with Crippen molar-refractivity contribution < 1.29 is 0 Å². The van der Waals surface area contributed by atoms with Crippen molar-refractivity contribution in [3.63, 3.8) is 0 Å². The highest BCUT2D eigenvalue weighted by Gasteiger charge is 2.31. The summed E-state index contributed by atoms with van der Waals surface area (Å²) in [5.74, 6) is 0. The van der Waals surface area contributed by atoms with Gasteiger partial charge in [-0.05, 0) is 48.7 Å². The van der Waals surface area contributed by atoms with Gasteiger partial charge in [-0.2, -0.15) is 0 Å². The van der Waals surface area contributed by atoms with E-state index in [4.69, 9.17) is 0 Å². The first-order valence-corrected chi connectivity index (χ1v) is 6.39. The number of thiophene rings is 1. The van der Waals surface area contributed by atoms with Gasteiger partial charge >= 0.3 is 0 Å². The monoisotopic (exact) mass is 217 g/mol. The van der Waals surface area contributed by atoms with Gasteiger partial charge in [-0.3, -0.25) is 0 Å². The molecule has 2 aromatic rings. The average molecular weight is 217 g/mol. The Labute approximate surface area is 94.1 Å². The van der Waals surface area contributed by atoms with E-state index in [9.17, 15) is 0 Å². The Morgan fingerprint density at radius 3 is 3.07 bits per heavy atom. The van der Waals surface area contributed by atoms with Crippen LogP contribution in [0.4, 0.5) is 0 Å². The van der Waals surface area contributed by atoms with Crippen LogP contribution in [0.3, 0.4) is 0 Å². The first-order chi connectivity index (χ1) is 7.30. The number of hydrogen-bond acceptors (Lipinski definition) is 2. The lowest BCUT2D eigenvalue weighted by atomic mass is 9.90. The Morgan fingerprint density at radius 2 is 2.27 bits per heavy atom. The van der Waals surface area contributed by atoms with Crippen LogP contribution in [0.2, 0.25) is 0 Å². The van der Waals surface area contributed by atoms with Gasteiger partial charge in [0.05, 0.1) is 0 Å². The summed E-state index contributed by atoms with van der Waals surface area (Å²) in [7, 11) is 0. The molecule has 2 heteroatoms. The van der Waals surface area contributed by atoms with Gasteiger partial charge in [0, 0.05) is 10.2 Å². The summed E-state index contributed by atoms with van der Waals surface area (Å²) in [6.45, 7) is 3.48. The molecule has 0 amide bonds. The van der Waals surface area contributed by atoms with Gasteiger partial charge < -0.3 is 5.32 Å². The van der Waals surface area contributed by atoms with E-state index in [0.717, 1.165) is 6.54 Å². The van der Waals surface area contributed by atoms with Crippen LogP contribution in [-0.2, 0) is 5.54 Å². The van der Waals surface area contributed by atoms with Crippen LogP contribution in [0.5, 0.6) is 0 Å². The van der Waals surface area contributed by atoms with Crippen LogP contribution >= 0.6 is 11.3 Å². The minimum Gasteiger partial charge on any atom is -0.308 e. The number of hydrogen-bond donors (Lipinski definition) is 1. The highest BCUT2D eigenvalue weighted by atomic mass is 32.1. The lowest BCUT2D eigenvalue weighted by molar-refractivity contribution is 0.439. The molecule has 1 aliphatic heterocycles. The average Bonchev–Trinajstić information content (AvgIpc) is 2.85. The standard InChI is InChI=1S/C13H15NS/c1-13(7-3-8-14-13)11-5-2-4-10-6-9-15-12(10)11/h2,4-6,9,14H,3,7-8H2,1H3. The van der Waals surface area contributed by atoms with Crippen molar-refractivity contribution in [2.75, 3.05) is 6.54 Å². The van der Waals surface area contributed by atoms with Gasteiger partial charge in [-0.15, -0.1) is 11.3 Å². The fourth-order valence-electron chi connectivity index (χ4n) is 2.55. The summed E-state index contributed by atoms with van der Waals surface area (Å²) in [5, 5.41) is 7.21. The smallest absolute Gasteiger partial charge is 0.0420 e. The predicted molar refractivity (Wildman–Crippen MR) is 66.4 cm³/mol. The van der Waals surface area contributed by atoms with Crippen molar-refractivity contribution >= 4 is 21.4 Å². The van der Waals surface area contributed by atoms with Gasteiger partial charge in [-0.1, -0.05) is 18.2 Å². The second-order valence-electron chi connectivity index (χ2n) is 4.51. The Kier molecular flexibility index (Phi) is 2.08. The molecule has 1 fully saturated rings. The van der Waals surface area contributed by atoms with E-state index >= 15 is 0 Å². The third kappa shape index (κ3) is 1.40. The summed E-state index contributed by atoms with van der Waals surface area (Å²) >= 11 is 1.86. The molecule has 0 bridgehead atoms. The molecule has 1 aliphatic rings. The molecule has 78 valence electrons. The maximum atomic E-state index is 3.64. The molecular formula is C13H15NS. The van der Waals surface area contributed by atoms with Crippen LogP contribution < -0.4 is 5.32 Å². The number of fused-ring (bicyclic) bond motifs is 1. The fourth-order valence-corrected chi connectivity index (χ4v) is 3.60. The second kappa shape index (κ2) is 3.32. The molecule has 3 rings (SSSR count). The van der Waals surface area contributed by atoms with Crippen molar-refractivity contribution in [3.05, 3.63) is 35.2 Å². The summed E-state index contributed by atoms with van der Waals surface area (Å²) in [4.78, 5) is 0. The SMILES string of the molecule is CC1(c2cccc3ccsc23)CCCN1. The molecule has 0 spiro atoms. The van der Waals surface area contributed by atoms with Gasteiger partial charge in [-0.25, -0.2) is 0 Å². The van der Waals surface area contributed by atoms with Gasteiger partial charge in [0.15, 0.2) is 0 Å². The second-order valence-corrected chi connectivity index (χ2v) is 5.42. The van der Waals surface area contributed by atoms with E-state index in [1.807, 2.05) is 11.3 Å². The highest BCUT2D eigenvalue weighted by Crippen LogP contribution is 2.37. The normalized spacial score (nSPS) is 26.2. The topological polar surface area (TPSA) is 12.0 Å². The van der Waals surface area contributed by atoms with Crippen molar-refractivity contribution in [2.24, 2.45) is 0 Å². The van der Waals surface area contributed by atoms with Crippen LogP contribution in [0.15, 0.2) is 29.6 Å². The summed E-state index contributed by atoms with van der Waals surface area (Å²) in [6, 6.07) is 8.86. The summed E-state index contributed by atoms with van der Waals surface area (Å²) in [6.07, 6.45) is 2.54. The Hall–Kier alpha value is -0.860. The minimum absolute atomic E-state index is 0.199. The van der Waals surface area contributed by atoms with Crippen LogP contribution in [-0.4, -0.2) is 6.54 Å². The summed E-state index contributed by atoms with van der Waals surface area (Å²) < 4.78 is 1.45. The number of nitrogens with one attached hydrogen (secondary N) is 1. The third-order valence-electron chi connectivity index (χ3n) is 3.44. The molecule has 1 atom stereocenters. The molecule has 1 saturated heterocycles. The van der Waals surface area contributed by atoms with Crippen molar-refractivity contribution in [1.29, 1.82) is 0 Å². The van der Waals surface area contributed by atoms with Crippen molar-refractivity contribution in [1.82, 2.24) is 5.32 Å². The fraction of sp³-hybridized carbons (Fsp3) is 0.385. The van der Waals surface area contributed by atoms with Gasteiger partial charge in [0.25, 0.3) is 0 Å². The van der Waals surface area contributed by atoms with Crippen molar-refractivity contribution in [2.45, 2.75) is 25.3 Å². The lowest BCUT2D eigenvalue weighted by Gasteiger charge is -2.25. The zero-order valence-corrected chi connectivity index (χ0v) is 9.73. The van der Waals surface area contributed by atoms with E-state index in [1.54, 1.807) is 0 Å². The number of rotatable bonds is 1. The van der Waals surface area contributed by atoms with E-state index in [2.05, 4.69) is 41.9 Å². The zero-order chi connectivity index (χ0) is 10.3. The Balaban J connectivity index is 2.21. The molecular weight excluding hydrogens is 202 g/mol. The van der Waals surface area contributed by atoms with E-state index in [0.29, 0.717) is 0 Å². The molecule has 15 heavy (non-hydrogen) atoms. The van der Waals surface area contributed by atoms with Crippen LogP contribution in [0, 0.1) is 0 Å². The van der Waals surface area contributed by atoms with Gasteiger partial charge in [0.2, 0.25) is 0 Å². The highest BCUT2D eigenvalue weighted by molar-refractivity contribution is 7.17. The maximum Gasteiger partial charge on any atom is 0.0420 e. The van der Waals surface area contributed by atoms with Crippen LogP contribution in [0.25, 0.3) is 10.1 Å². The molecule has 1 N–H and O–H groups in total. The predicted octanol–water partition coefficient (Wildman–Crippen LogP) is 3.50. The Morgan fingerprint density at radius 1 is 1.33 bits per heavy atom. The maximum absolute atomic E-state index is 3.64. The van der Waals surface area contributed by atoms with Crippen LogP contribution in [0.1, 0.15) is 25.3 Å². The van der Waals surface area contributed by atoms with Crippen molar-refractivity contribution in [3.8, 4) is 0 Å².